The fourth-order valence-corrected chi connectivity index (χ4v) is 10.0. The fraction of sp³-hybridized carbons (Fsp3) is 0.405. The summed E-state index contributed by atoms with van der Waals surface area (Å²) in [7, 11) is -0.679. The molecule has 0 heterocycles. The summed E-state index contributed by atoms with van der Waals surface area (Å²) < 4.78 is 7.19. The minimum absolute atomic E-state index is 0.291. The van der Waals surface area contributed by atoms with E-state index in [2.05, 4.69) is 131 Å². The number of hydrogen-bond donors (Lipinski definition) is 0. The van der Waals surface area contributed by atoms with Crippen LogP contribution in [0.15, 0.2) is 121 Å². The third-order valence-electron chi connectivity index (χ3n) is 8.97. The van der Waals surface area contributed by atoms with Gasteiger partial charge in [-0.25, -0.2) is 0 Å². The molecule has 3 aliphatic rings. The molecule has 39 heavy (non-hydrogen) atoms. The van der Waals surface area contributed by atoms with Gasteiger partial charge in [0.25, 0.3) is 0 Å². The molecule has 0 N–H and O–H groups in total. The topological polar surface area (TPSA) is 9.23 Å². The van der Waals surface area contributed by atoms with E-state index in [1.165, 1.54) is 29.0 Å². The van der Waals surface area contributed by atoms with Crippen molar-refractivity contribution in [2.24, 2.45) is 29.6 Å². The Morgan fingerprint density at radius 1 is 0.923 bits per heavy atom. The van der Waals surface area contributed by atoms with Crippen molar-refractivity contribution < 1.29 is 4.74 Å². The molecule has 2 heteroatoms. The Bertz CT molecular complexity index is 1160. The quantitative estimate of drug-likeness (QED) is 0.229. The van der Waals surface area contributed by atoms with Gasteiger partial charge in [-0.3, -0.25) is 0 Å². The van der Waals surface area contributed by atoms with Crippen LogP contribution in [-0.4, -0.2) is 11.8 Å². The van der Waals surface area contributed by atoms with Gasteiger partial charge in [-0.15, -0.1) is 6.58 Å². The Labute approximate surface area is 238 Å². The van der Waals surface area contributed by atoms with E-state index in [1.54, 1.807) is 0 Å². The van der Waals surface area contributed by atoms with Crippen molar-refractivity contribution in [1.29, 1.82) is 0 Å². The molecule has 1 fully saturated rings. The molecule has 0 radical (unpaired) electrons. The molecule has 6 atom stereocenters. The molecule has 1 nitrogen and oxygen atoms in total. The highest BCUT2D eigenvalue weighted by Gasteiger charge is 2.39. The van der Waals surface area contributed by atoms with E-state index in [-0.39, 0.29) is 0 Å². The Hall–Kier alpha value is -2.63. The highest BCUT2D eigenvalue weighted by molar-refractivity contribution is 7.73. The number of rotatable bonds is 9. The van der Waals surface area contributed by atoms with Gasteiger partial charge in [-0.1, -0.05) is 124 Å². The first-order valence-corrected chi connectivity index (χ1v) is 16.4. The maximum absolute atomic E-state index is 7.19. The molecular weight excluding hydrogens is 491 g/mol. The van der Waals surface area contributed by atoms with Crippen molar-refractivity contribution in [2.45, 2.75) is 64.6 Å². The number of allylic oxidation sites excluding steroid dienone is 8. The van der Waals surface area contributed by atoms with Gasteiger partial charge >= 0.3 is 0 Å². The van der Waals surface area contributed by atoms with Crippen molar-refractivity contribution in [2.75, 3.05) is 0 Å². The predicted molar refractivity (Wildman–Crippen MR) is 170 cm³/mol. The van der Waals surface area contributed by atoms with Crippen molar-refractivity contribution >= 4 is 18.5 Å². The first-order chi connectivity index (χ1) is 19.1. The van der Waals surface area contributed by atoms with E-state index in [9.17, 15) is 0 Å². The highest BCUT2D eigenvalue weighted by Crippen LogP contribution is 2.52. The third kappa shape index (κ3) is 6.41. The van der Waals surface area contributed by atoms with E-state index in [1.807, 2.05) is 0 Å². The zero-order valence-corrected chi connectivity index (χ0v) is 24.8. The Morgan fingerprint density at radius 3 is 2.23 bits per heavy atom. The van der Waals surface area contributed by atoms with E-state index < -0.39 is 7.92 Å². The van der Waals surface area contributed by atoms with Crippen molar-refractivity contribution in [3.63, 3.8) is 0 Å². The normalized spacial score (nSPS) is 27.7. The van der Waals surface area contributed by atoms with Gasteiger partial charge in [0.1, 0.15) is 11.9 Å². The molecule has 5 rings (SSSR count). The van der Waals surface area contributed by atoms with Crippen LogP contribution in [0.1, 0.15) is 52.9 Å². The molecule has 2 aromatic rings. The van der Waals surface area contributed by atoms with Gasteiger partial charge < -0.3 is 4.74 Å². The molecule has 0 aliphatic heterocycles. The van der Waals surface area contributed by atoms with Crippen LogP contribution >= 0.6 is 7.92 Å². The summed E-state index contributed by atoms with van der Waals surface area (Å²) in [6, 6.07) is 22.5. The van der Waals surface area contributed by atoms with E-state index in [0.29, 0.717) is 35.4 Å². The zero-order chi connectivity index (χ0) is 27.2. The summed E-state index contributed by atoms with van der Waals surface area (Å²) in [6.45, 7) is 11.4. The SMILES string of the molecule is C=CC1C=CC=CC1C(C1=C(OC2C[C@@H](C)CC[C@@H]2C(C)C)C=CCC1)P(c1ccccc1)c1ccccc1. The summed E-state index contributed by atoms with van der Waals surface area (Å²) in [5.74, 6) is 3.77. The average Bonchev–Trinajstić information content (AvgIpc) is 2.97. The lowest BCUT2D eigenvalue weighted by atomic mass is 9.75. The van der Waals surface area contributed by atoms with Crippen molar-refractivity contribution in [1.82, 2.24) is 0 Å². The van der Waals surface area contributed by atoms with Crippen LogP contribution in [-0.2, 0) is 4.74 Å². The second-order valence-corrected chi connectivity index (χ2v) is 14.3. The fourth-order valence-electron chi connectivity index (χ4n) is 6.88. The lowest BCUT2D eigenvalue weighted by Gasteiger charge is -2.42. The van der Waals surface area contributed by atoms with Crippen LogP contribution in [0.25, 0.3) is 0 Å². The molecular formula is C37H45OP. The summed E-state index contributed by atoms with van der Waals surface area (Å²) in [4.78, 5) is 0. The van der Waals surface area contributed by atoms with Crippen LogP contribution in [0.3, 0.4) is 0 Å². The Balaban J connectivity index is 1.65. The highest BCUT2D eigenvalue weighted by atomic mass is 31.1. The van der Waals surface area contributed by atoms with Crippen LogP contribution < -0.4 is 10.6 Å². The minimum Gasteiger partial charge on any atom is -0.490 e. The van der Waals surface area contributed by atoms with Gasteiger partial charge in [-0.2, -0.15) is 0 Å². The van der Waals surface area contributed by atoms with Crippen molar-refractivity contribution in [3.05, 3.63) is 121 Å². The van der Waals surface area contributed by atoms with Gasteiger partial charge in [0.15, 0.2) is 0 Å². The smallest absolute Gasteiger partial charge is 0.119 e. The average molecular weight is 537 g/mol. The minimum atomic E-state index is -0.679. The second-order valence-electron chi connectivity index (χ2n) is 12.0. The molecule has 0 aromatic heterocycles. The first-order valence-electron chi connectivity index (χ1n) is 15.0. The zero-order valence-electron chi connectivity index (χ0n) is 24.0. The summed E-state index contributed by atoms with van der Waals surface area (Å²) >= 11 is 0. The van der Waals surface area contributed by atoms with Crippen LogP contribution in [0.2, 0.25) is 0 Å². The summed E-state index contributed by atoms with van der Waals surface area (Å²) in [5, 5.41) is 2.87. The molecule has 204 valence electrons. The van der Waals surface area contributed by atoms with Gasteiger partial charge in [0.2, 0.25) is 0 Å². The largest absolute Gasteiger partial charge is 0.490 e. The van der Waals surface area contributed by atoms with E-state index >= 15 is 0 Å². The molecule has 0 amide bonds. The Morgan fingerprint density at radius 2 is 1.59 bits per heavy atom. The molecule has 2 aromatic carbocycles. The third-order valence-corrected chi connectivity index (χ3v) is 11.9. The summed E-state index contributed by atoms with van der Waals surface area (Å²) in [6.07, 6.45) is 22.2. The number of ether oxygens (including phenoxy) is 1. The van der Waals surface area contributed by atoms with Gasteiger partial charge in [0.05, 0.1) is 0 Å². The van der Waals surface area contributed by atoms with Crippen LogP contribution in [0, 0.1) is 29.6 Å². The Kier molecular flexibility index (Phi) is 9.41. The molecule has 4 unspecified atom stereocenters. The van der Waals surface area contributed by atoms with Crippen molar-refractivity contribution in [3.8, 4) is 0 Å². The van der Waals surface area contributed by atoms with Crippen LogP contribution in [0.5, 0.6) is 0 Å². The second kappa shape index (κ2) is 13.1. The summed E-state index contributed by atoms with van der Waals surface area (Å²) in [5.41, 5.74) is 1.83. The van der Waals surface area contributed by atoms with Gasteiger partial charge in [0, 0.05) is 11.6 Å². The lowest BCUT2D eigenvalue weighted by molar-refractivity contribution is 0.00150. The molecule has 1 saturated carbocycles. The number of benzene rings is 2. The maximum Gasteiger partial charge on any atom is 0.119 e. The van der Waals surface area contributed by atoms with Crippen LogP contribution in [0.4, 0.5) is 0 Å². The molecule has 3 aliphatic carbocycles. The predicted octanol–water partition coefficient (Wildman–Crippen LogP) is 9.11. The molecule has 0 saturated heterocycles. The first kappa shape index (κ1) is 27.9. The molecule has 0 spiro atoms. The molecule has 0 bridgehead atoms. The van der Waals surface area contributed by atoms with E-state index in [0.717, 1.165) is 30.9 Å². The lowest BCUT2D eigenvalue weighted by Crippen LogP contribution is -2.36. The monoisotopic (exact) mass is 536 g/mol. The van der Waals surface area contributed by atoms with Gasteiger partial charge in [-0.05, 0) is 79.5 Å². The number of hydrogen-bond acceptors (Lipinski definition) is 1. The van der Waals surface area contributed by atoms with E-state index in [4.69, 9.17) is 4.74 Å². The standard InChI is InChI=1S/C37H45OP/c1-5-29-16-12-13-21-33(29)37(39(30-17-8-6-9-18-30)31-19-10-7-11-20-31)34-22-14-15-23-35(34)38-36-26-28(4)24-25-32(36)27(2)3/h5-13,15-21,23,27-29,32-33,36-37H,1,14,22,24-26H2,2-4H3/t28-,29?,32+,33?,36?,37?/m0/s1. The maximum atomic E-state index is 7.19.